The SMILES string of the molecule is COc1ccc(-c2nc3cc(C(=O)N(C)CC(C)(C)C)cnc3n2CCCCN2CCCC2)cc1Br. The molecule has 0 atom stereocenters. The van der Waals surface area contributed by atoms with Gasteiger partial charge in [-0.2, -0.15) is 0 Å². The highest BCUT2D eigenvalue weighted by molar-refractivity contribution is 9.10. The summed E-state index contributed by atoms with van der Waals surface area (Å²) < 4.78 is 8.49. The molecule has 36 heavy (non-hydrogen) atoms. The number of aryl methyl sites for hydroxylation is 1. The molecule has 1 amide bonds. The Morgan fingerprint density at radius 1 is 1.14 bits per heavy atom. The maximum absolute atomic E-state index is 13.1. The molecule has 0 saturated carbocycles. The van der Waals surface area contributed by atoms with Crippen molar-refractivity contribution in [1.29, 1.82) is 0 Å². The summed E-state index contributed by atoms with van der Waals surface area (Å²) in [5, 5.41) is 0. The van der Waals surface area contributed by atoms with Gasteiger partial charge in [0.05, 0.1) is 17.1 Å². The number of nitrogens with zero attached hydrogens (tertiary/aromatic N) is 5. The summed E-state index contributed by atoms with van der Waals surface area (Å²) in [4.78, 5) is 27.1. The number of rotatable bonds is 9. The quantitative estimate of drug-likeness (QED) is 0.309. The molecule has 8 heteroatoms. The average Bonchev–Trinajstić information content (AvgIpc) is 3.47. The van der Waals surface area contributed by atoms with E-state index in [4.69, 9.17) is 14.7 Å². The summed E-state index contributed by atoms with van der Waals surface area (Å²) in [5.41, 5.74) is 3.13. The number of methoxy groups -OCH3 is 1. The Hall–Kier alpha value is -2.45. The smallest absolute Gasteiger partial charge is 0.255 e. The van der Waals surface area contributed by atoms with Crippen LogP contribution in [0.15, 0.2) is 34.9 Å². The van der Waals surface area contributed by atoms with E-state index in [-0.39, 0.29) is 11.3 Å². The molecule has 3 aromatic rings. The summed E-state index contributed by atoms with van der Waals surface area (Å²) in [5.74, 6) is 1.60. The van der Waals surface area contributed by atoms with Crippen LogP contribution in [-0.4, -0.2) is 70.6 Å². The second kappa shape index (κ2) is 11.3. The molecular formula is C28H38BrN5O2. The van der Waals surface area contributed by atoms with Crippen molar-refractivity contribution >= 4 is 33.0 Å². The lowest BCUT2D eigenvalue weighted by atomic mass is 9.96. The topological polar surface area (TPSA) is 63.5 Å². The highest BCUT2D eigenvalue weighted by Gasteiger charge is 2.22. The van der Waals surface area contributed by atoms with E-state index in [2.05, 4.69) is 46.2 Å². The Balaban J connectivity index is 1.64. The fourth-order valence-electron chi connectivity index (χ4n) is 4.98. The van der Waals surface area contributed by atoms with E-state index in [0.29, 0.717) is 12.1 Å². The van der Waals surface area contributed by atoms with Gasteiger partial charge in [-0.1, -0.05) is 20.8 Å². The first-order chi connectivity index (χ1) is 17.2. The van der Waals surface area contributed by atoms with Crippen LogP contribution in [-0.2, 0) is 6.54 Å². The molecule has 3 heterocycles. The standard InChI is InChI=1S/C28H38BrN5O2/c1-28(2,3)19-32(4)27(35)21-17-23-26(30-18-21)34(15-9-8-14-33-12-6-7-13-33)25(31-23)20-10-11-24(36-5)22(29)16-20/h10-11,16-18H,6-9,12-15,19H2,1-5H3. The number of benzene rings is 1. The number of hydrogen-bond acceptors (Lipinski definition) is 5. The van der Waals surface area contributed by atoms with E-state index in [1.807, 2.05) is 31.3 Å². The maximum atomic E-state index is 13.1. The minimum Gasteiger partial charge on any atom is -0.496 e. The van der Waals surface area contributed by atoms with Gasteiger partial charge in [-0.15, -0.1) is 0 Å². The van der Waals surface area contributed by atoms with Crippen LogP contribution < -0.4 is 4.74 Å². The van der Waals surface area contributed by atoms with Gasteiger partial charge in [0.2, 0.25) is 0 Å². The van der Waals surface area contributed by atoms with E-state index >= 15 is 0 Å². The number of unbranched alkanes of at least 4 members (excludes halogenated alkanes) is 1. The lowest BCUT2D eigenvalue weighted by molar-refractivity contribution is 0.0745. The van der Waals surface area contributed by atoms with Crippen LogP contribution in [0.2, 0.25) is 0 Å². The van der Waals surface area contributed by atoms with Crippen molar-refractivity contribution in [1.82, 2.24) is 24.3 Å². The summed E-state index contributed by atoms with van der Waals surface area (Å²) >= 11 is 3.61. The number of pyridine rings is 1. The molecule has 1 fully saturated rings. The molecule has 4 rings (SSSR count). The zero-order chi connectivity index (χ0) is 25.9. The van der Waals surface area contributed by atoms with Crippen molar-refractivity contribution in [2.75, 3.05) is 40.3 Å². The number of fused-ring (bicyclic) bond motifs is 1. The lowest BCUT2D eigenvalue weighted by Crippen LogP contribution is -2.34. The summed E-state index contributed by atoms with van der Waals surface area (Å²) in [6, 6.07) is 7.88. The van der Waals surface area contributed by atoms with E-state index in [9.17, 15) is 4.79 Å². The Morgan fingerprint density at radius 2 is 1.86 bits per heavy atom. The first-order valence-electron chi connectivity index (χ1n) is 12.8. The third-order valence-corrected chi connectivity index (χ3v) is 7.22. The lowest BCUT2D eigenvalue weighted by Gasteiger charge is -2.26. The molecule has 0 spiro atoms. The molecular weight excluding hydrogens is 518 g/mol. The molecule has 0 unspecified atom stereocenters. The van der Waals surface area contributed by atoms with E-state index < -0.39 is 0 Å². The second-order valence-electron chi connectivity index (χ2n) is 11.0. The highest BCUT2D eigenvalue weighted by Crippen LogP contribution is 2.32. The van der Waals surface area contributed by atoms with Crippen LogP contribution in [0.5, 0.6) is 5.75 Å². The van der Waals surface area contributed by atoms with Crippen molar-refractivity contribution in [3.05, 3.63) is 40.5 Å². The molecule has 1 aliphatic rings. The number of likely N-dealkylation sites (tertiary alicyclic amines) is 1. The zero-order valence-corrected chi connectivity index (χ0v) is 23.8. The molecule has 2 aromatic heterocycles. The number of ether oxygens (including phenoxy) is 1. The number of carbonyl (C=O) groups excluding carboxylic acids is 1. The Labute approximate surface area is 223 Å². The van der Waals surface area contributed by atoms with Gasteiger partial charge in [-0.25, -0.2) is 9.97 Å². The second-order valence-corrected chi connectivity index (χ2v) is 11.8. The van der Waals surface area contributed by atoms with Crippen LogP contribution in [0.4, 0.5) is 0 Å². The molecule has 1 aliphatic heterocycles. The van der Waals surface area contributed by atoms with Crippen LogP contribution in [0, 0.1) is 5.41 Å². The van der Waals surface area contributed by atoms with Gasteiger partial charge in [-0.05, 0) is 90.9 Å². The predicted molar refractivity (Wildman–Crippen MR) is 149 cm³/mol. The Morgan fingerprint density at radius 3 is 2.53 bits per heavy atom. The van der Waals surface area contributed by atoms with Crippen molar-refractivity contribution < 1.29 is 9.53 Å². The summed E-state index contributed by atoms with van der Waals surface area (Å²) in [7, 11) is 3.51. The van der Waals surface area contributed by atoms with Gasteiger partial charge in [-0.3, -0.25) is 4.79 Å². The predicted octanol–water partition coefficient (Wildman–Crippen LogP) is 5.86. The number of carbonyl (C=O) groups is 1. The number of hydrogen-bond donors (Lipinski definition) is 0. The van der Waals surface area contributed by atoms with Gasteiger partial charge in [0.15, 0.2) is 5.65 Å². The number of aromatic nitrogens is 3. The minimum atomic E-state index is -0.0340. The third kappa shape index (κ3) is 6.27. The number of imidazole rings is 1. The average molecular weight is 557 g/mol. The van der Waals surface area contributed by atoms with Crippen LogP contribution in [0.25, 0.3) is 22.6 Å². The molecule has 1 aromatic carbocycles. The maximum Gasteiger partial charge on any atom is 0.255 e. The largest absolute Gasteiger partial charge is 0.496 e. The summed E-state index contributed by atoms with van der Waals surface area (Å²) in [6.45, 7) is 11.5. The van der Waals surface area contributed by atoms with E-state index in [1.165, 1.54) is 25.9 Å². The van der Waals surface area contributed by atoms with Crippen LogP contribution >= 0.6 is 15.9 Å². The number of amides is 1. The molecule has 7 nitrogen and oxygen atoms in total. The van der Waals surface area contributed by atoms with Crippen molar-refractivity contribution in [2.24, 2.45) is 5.41 Å². The van der Waals surface area contributed by atoms with Gasteiger partial charge >= 0.3 is 0 Å². The van der Waals surface area contributed by atoms with Crippen LogP contribution in [0.1, 0.15) is 56.8 Å². The van der Waals surface area contributed by atoms with Crippen molar-refractivity contribution in [3.8, 4) is 17.1 Å². The highest BCUT2D eigenvalue weighted by atomic mass is 79.9. The Bertz CT molecular complexity index is 1210. The van der Waals surface area contributed by atoms with Crippen molar-refractivity contribution in [2.45, 2.75) is 53.0 Å². The Kier molecular flexibility index (Phi) is 8.35. The first-order valence-corrected chi connectivity index (χ1v) is 13.6. The van der Waals surface area contributed by atoms with Gasteiger partial charge in [0.25, 0.3) is 5.91 Å². The van der Waals surface area contributed by atoms with Gasteiger partial charge in [0.1, 0.15) is 17.1 Å². The van der Waals surface area contributed by atoms with Crippen LogP contribution in [0.3, 0.4) is 0 Å². The fourth-order valence-corrected chi connectivity index (χ4v) is 5.52. The summed E-state index contributed by atoms with van der Waals surface area (Å²) in [6.07, 6.45) is 6.51. The first kappa shape index (κ1) is 26.6. The van der Waals surface area contributed by atoms with E-state index in [0.717, 1.165) is 58.7 Å². The fraction of sp³-hybridized carbons (Fsp3) is 0.536. The third-order valence-electron chi connectivity index (χ3n) is 6.60. The molecule has 0 N–H and O–H groups in total. The molecule has 194 valence electrons. The van der Waals surface area contributed by atoms with Gasteiger partial charge in [0, 0.05) is 31.9 Å². The monoisotopic (exact) mass is 555 g/mol. The minimum absolute atomic E-state index is 0.0213. The molecule has 0 bridgehead atoms. The zero-order valence-electron chi connectivity index (χ0n) is 22.2. The molecule has 0 aliphatic carbocycles. The normalized spacial score (nSPS) is 14.5. The van der Waals surface area contributed by atoms with Gasteiger partial charge < -0.3 is 19.1 Å². The molecule has 0 radical (unpaired) electrons. The molecule has 1 saturated heterocycles. The van der Waals surface area contributed by atoms with Crippen molar-refractivity contribution in [3.63, 3.8) is 0 Å². The number of halogens is 1. The van der Waals surface area contributed by atoms with E-state index in [1.54, 1.807) is 18.2 Å².